The van der Waals surface area contributed by atoms with E-state index in [-0.39, 0.29) is 5.78 Å². The van der Waals surface area contributed by atoms with E-state index in [1.807, 2.05) is 12.1 Å². The average Bonchev–Trinajstić information content (AvgIpc) is 2.88. The molecule has 1 aliphatic carbocycles. The number of benzene rings is 1. The van der Waals surface area contributed by atoms with Crippen LogP contribution in [0.3, 0.4) is 0 Å². The van der Waals surface area contributed by atoms with Crippen molar-refractivity contribution in [3.63, 3.8) is 0 Å². The average molecular weight is 335 g/mol. The zero-order valence-electron chi connectivity index (χ0n) is 11.6. The van der Waals surface area contributed by atoms with Crippen LogP contribution in [0.25, 0.3) is 0 Å². The van der Waals surface area contributed by atoms with Gasteiger partial charge in [0.1, 0.15) is 5.75 Å². The second-order valence-electron chi connectivity index (χ2n) is 5.66. The summed E-state index contributed by atoms with van der Waals surface area (Å²) < 4.78 is 6.72. The fraction of sp³-hybridized carbons (Fsp3) is 0.471. The molecule has 0 spiro atoms. The molecule has 0 atom stereocenters. The fourth-order valence-electron chi connectivity index (χ4n) is 3.09. The van der Waals surface area contributed by atoms with Crippen LogP contribution < -0.4 is 4.74 Å². The van der Waals surface area contributed by atoms with Crippen molar-refractivity contribution < 1.29 is 9.53 Å². The summed E-state index contributed by atoms with van der Waals surface area (Å²) in [6.45, 7) is 0.730. The van der Waals surface area contributed by atoms with Crippen LogP contribution in [-0.4, -0.2) is 12.4 Å². The topological polar surface area (TPSA) is 26.3 Å². The zero-order chi connectivity index (χ0) is 13.9. The number of ketones is 1. The minimum atomic E-state index is 0.206. The third kappa shape index (κ3) is 3.14. The van der Waals surface area contributed by atoms with Crippen LogP contribution >= 0.6 is 15.9 Å². The lowest BCUT2D eigenvalue weighted by atomic mass is 9.93. The molecule has 2 aliphatic rings. The molecule has 1 saturated carbocycles. The fourth-order valence-corrected chi connectivity index (χ4v) is 3.65. The highest BCUT2D eigenvalue weighted by Gasteiger charge is 2.19. The Morgan fingerprint density at radius 1 is 1.20 bits per heavy atom. The summed E-state index contributed by atoms with van der Waals surface area (Å²) in [5, 5.41) is 0. The van der Waals surface area contributed by atoms with Crippen molar-refractivity contribution in [2.45, 2.75) is 44.9 Å². The lowest BCUT2D eigenvalue weighted by Gasteiger charge is -2.13. The van der Waals surface area contributed by atoms with Crippen LogP contribution in [0, 0.1) is 0 Å². The van der Waals surface area contributed by atoms with Gasteiger partial charge < -0.3 is 4.74 Å². The van der Waals surface area contributed by atoms with Crippen molar-refractivity contribution in [2.24, 2.45) is 0 Å². The van der Waals surface area contributed by atoms with Gasteiger partial charge in [-0.2, -0.15) is 0 Å². The Morgan fingerprint density at radius 3 is 2.80 bits per heavy atom. The first-order valence-corrected chi connectivity index (χ1v) is 8.18. The van der Waals surface area contributed by atoms with Gasteiger partial charge in [0.15, 0.2) is 5.78 Å². The number of carbonyl (C=O) groups is 1. The maximum Gasteiger partial charge on any atom is 0.160 e. The predicted octanol–water partition coefficient (Wildman–Crippen LogP) is 4.39. The summed E-state index contributed by atoms with van der Waals surface area (Å²) in [6, 6.07) is 4.11. The van der Waals surface area contributed by atoms with Gasteiger partial charge in [-0.3, -0.25) is 4.79 Å². The number of fused-ring (bicyclic) bond motifs is 1. The molecule has 0 bridgehead atoms. The zero-order valence-corrected chi connectivity index (χ0v) is 13.2. The normalized spacial score (nSPS) is 17.6. The summed E-state index contributed by atoms with van der Waals surface area (Å²) in [5.74, 6) is 1.14. The third-order valence-corrected chi connectivity index (χ3v) is 4.51. The molecule has 1 heterocycles. The largest absolute Gasteiger partial charge is 0.493 e. The highest BCUT2D eigenvalue weighted by Crippen LogP contribution is 2.33. The number of carbonyl (C=O) groups excluding carboxylic acids is 1. The van der Waals surface area contributed by atoms with Crippen LogP contribution in [0.15, 0.2) is 28.3 Å². The molecule has 0 saturated heterocycles. The molecule has 20 heavy (non-hydrogen) atoms. The number of halogens is 1. The molecule has 1 aromatic rings. The monoisotopic (exact) mass is 334 g/mol. The minimum absolute atomic E-state index is 0.206. The molecule has 2 nitrogen and oxygen atoms in total. The first kappa shape index (κ1) is 13.9. The first-order chi connectivity index (χ1) is 9.72. The van der Waals surface area contributed by atoms with Crippen molar-refractivity contribution in [1.82, 2.24) is 0 Å². The molecular formula is C17H19BrO2. The number of allylic oxidation sites excluding steroid dienone is 2. The van der Waals surface area contributed by atoms with E-state index in [0.717, 1.165) is 41.7 Å². The van der Waals surface area contributed by atoms with E-state index in [4.69, 9.17) is 4.74 Å². The van der Waals surface area contributed by atoms with E-state index in [1.54, 1.807) is 0 Å². The summed E-state index contributed by atoms with van der Waals surface area (Å²) >= 11 is 3.52. The van der Waals surface area contributed by atoms with Gasteiger partial charge in [-0.15, -0.1) is 0 Å². The van der Waals surface area contributed by atoms with Gasteiger partial charge >= 0.3 is 0 Å². The number of hydrogen-bond acceptors (Lipinski definition) is 2. The van der Waals surface area contributed by atoms with Gasteiger partial charge in [-0.1, -0.05) is 27.9 Å². The Hall–Kier alpha value is -1.09. The molecule has 0 amide bonds. The molecule has 0 unspecified atom stereocenters. The van der Waals surface area contributed by atoms with Crippen molar-refractivity contribution in [3.8, 4) is 5.75 Å². The Labute approximate surface area is 128 Å². The van der Waals surface area contributed by atoms with Crippen molar-refractivity contribution >= 4 is 21.7 Å². The summed E-state index contributed by atoms with van der Waals surface area (Å²) in [5.41, 5.74) is 3.56. The molecule has 0 aromatic heterocycles. The van der Waals surface area contributed by atoms with E-state index in [2.05, 4.69) is 22.0 Å². The van der Waals surface area contributed by atoms with Gasteiger partial charge in [-0.25, -0.2) is 0 Å². The highest BCUT2D eigenvalue weighted by atomic mass is 79.9. The van der Waals surface area contributed by atoms with Crippen molar-refractivity contribution in [3.05, 3.63) is 39.4 Å². The predicted molar refractivity (Wildman–Crippen MR) is 83.2 cm³/mol. The van der Waals surface area contributed by atoms with E-state index < -0.39 is 0 Å². The molecule has 1 aliphatic heterocycles. The Kier molecular flexibility index (Phi) is 4.25. The highest BCUT2D eigenvalue weighted by molar-refractivity contribution is 9.10. The molecule has 3 heteroatoms. The standard InChI is InChI=1S/C17H19BrO2/c18-15-9-13-6-7-20-17(13)14(10-15)11-16(19)8-12-4-2-1-3-5-12/h8-10H,1-7,11H2. The molecule has 3 rings (SSSR count). The van der Waals surface area contributed by atoms with Gasteiger partial charge in [0.25, 0.3) is 0 Å². The molecule has 1 fully saturated rings. The molecule has 106 valence electrons. The lowest BCUT2D eigenvalue weighted by molar-refractivity contribution is -0.114. The van der Waals surface area contributed by atoms with Crippen molar-refractivity contribution in [2.75, 3.05) is 6.61 Å². The Balaban J connectivity index is 1.76. The van der Waals surface area contributed by atoms with Crippen LogP contribution in [0.1, 0.15) is 43.2 Å². The smallest absolute Gasteiger partial charge is 0.160 e. The molecular weight excluding hydrogens is 316 g/mol. The van der Waals surface area contributed by atoms with E-state index in [9.17, 15) is 4.79 Å². The van der Waals surface area contributed by atoms with E-state index in [1.165, 1.54) is 30.4 Å². The van der Waals surface area contributed by atoms with E-state index >= 15 is 0 Å². The minimum Gasteiger partial charge on any atom is -0.493 e. The van der Waals surface area contributed by atoms with E-state index in [0.29, 0.717) is 6.42 Å². The maximum absolute atomic E-state index is 12.2. The number of ether oxygens (including phenoxy) is 1. The Morgan fingerprint density at radius 2 is 2.00 bits per heavy atom. The molecule has 0 radical (unpaired) electrons. The SMILES string of the molecule is O=C(C=C1CCCCC1)Cc1cc(Br)cc2c1OCC2. The lowest BCUT2D eigenvalue weighted by Crippen LogP contribution is -2.04. The second kappa shape index (κ2) is 6.13. The quantitative estimate of drug-likeness (QED) is 0.766. The first-order valence-electron chi connectivity index (χ1n) is 7.39. The van der Waals surface area contributed by atoms with Crippen LogP contribution in [0.5, 0.6) is 5.75 Å². The van der Waals surface area contributed by atoms with Crippen molar-refractivity contribution in [1.29, 1.82) is 0 Å². The second-order valence-corrected chi connectivity index (χ2v) is 6.57. The third-order valence-electron chi connectivity index (χ3n) is 4.05. The number of hydrogen-bond donors (Lipinski definition) is 0. The van der Waals surface area contributed by atoms with Crippen LogP contribution in [-0.2, 0) is 17.6 Å². The summed E-state index contributed by atoms with van der Waals surface area (Å²) in [7, 11) is 0. The van der Waals surface area contributed by atoms with Gasteiger partial charge in [0, 0.05) is 22.9 Å². The van der Waals surface area contributed by atoms with Crippen LogP contribution in [0.4, 0.5) is 0 Å². The van der Waals surface area contributed by atoms with Crippen LogP contribution in [0.2, 0.25) is 0 Å². The number of rotatable bonds is 3. The molecule has 0 N–H and O–H groups in total. The molecule has 1 aromatic carbocycles. The van der Waals surface area contributed by atoms with Gasteiger partial charge in [-0.05, 0) is 49.5 Å². The summed E-state index contributed by atoms with van der Waals surface area (Å²) in [4.78, 5) is 12.2. The van der Waals surface area contributed by atoms with Gasteiger partial charge in [0.05, 0.1) is 6.61 Å². The van der Waals surface area contributed by atoms with Gasteiger partial charge in [0.2, 0.25) is 0 Å². The Bertz CT molecular complexity index is 552. The summed E-state index contributed by atoms with van der Waals surface area (Å²) in [6.07, 6.45) is 9.23. The maximum atomic E-state index is 12.2.